The van der Waals surface area contributed by atoms with E-state index in [1.54, 1.807) is 0 Å². The molecule has 1 aliphatic heterocycles. The van der Waals surface area contributed by atoms with E-state index in [0.29, 0.717) is 6.04 Å². The van der Waals surface area contributed by atoms with Gasteiger partial charge in [0.25, 0.3) is 0 Å². The van der Waals surface area contributed by atoms with Crippen LogP contribution in [0.15, 0.2) is 0 Å². The molecule has 2 atom stereocenters. The van der Waals surface area contributed by atoms with E-state index in [1.807, 2.05) is 0 Å². The zero-order valence-corrected chi connectivity index (χ0v) is 7.34. The van der Waals surface area contributed by atoms with Crippen LogP contribution in [0, 0.1) is 0 Å². The zero-order valence-electron chi connectivity index (χ0n) is 7.34. The molecule has 1 fully saturated rings. The summed E-state index contributed by atoms with van der Waals surface area (Å²) < 4.78 is 0. The van der Waals surface area contributed by atoms with Crippen molar-refractivity contribution in [3.8, 4) is 0 Å². The second-order valence-corrected chi connectivity index (χ2v) is 3.47. The molecule has 2 N–H and O–H groups in total. The Hall–Kier alpha value is -0.0800. The molecular weight excluding hydrogens is 138 g/mol. The van der Waals surface area contributed by atoms with Gasteiger partial charge in [-0.1, -0.05) is 19.8 Å². The number of rotatable bonds is 3. The van der Waals surface area contributed by atoms with E-state index in [9.17, 15) is 5.11 Å². The average molecular weight is 157 g/mol. The van der Waals surface area contributed by atoms with Crippen LogP contribution < -0.4 is 5.32 Å². The van der Waals surface area contributed by atoms with Crippen LogP contribution in [-0.4, -0.2) is 23.8 Å². The molecule has 0 aliphatic carbocycles. The first-order chi connectivity index (χ1) is 5.33. The van der Waals surface area contributed by atoms with Crippen molar-refractivity contribution >= 4 is 0 Å². The molecule has 2 unspecified atom stereocenters. The summed E-state index contributed by atoms with van der Waals surface area (Å²) in [7, 11) is 0. The van der Waals surface area contributed by atoms with Crippen molar-refractivity contribution in [1.29, 1.82) is 0 Å². The SMILES string of the molecule is CCCCC1CC(O)CCN1. The Morgan fingerprint density at radius 2 is 2.36 bits per heavy atom. The number of hydrogen-bond acceptors (Lipinski definition) is 2. The van der Waals surface area contributed by atoms with Gasteiger partial charge < -0.3 is 10.4 Å². The van der Waals surface area contributed by atoms with Crippen molar-refractivity contribution in [1.82, 2.24) is 5.32 Å². The first-order valence-corrected chi connectivity index (χ1v) is 4.74. The molecule has 0 aromatic rings. The number of hydrogen-bond donors (Lipinski definition) is 2. The molecule has 0 spiro atoms. The molecule has 1 rings (SSSR count). The molecule has 11 heavy (non-hydrogen) atoms. The smallest absolute Gasteiger partial charge is 0.0567 e. The third-order valence-electron chi connectivity index (χ3n) is 2.37. The highest BCUT2D eigenvalue weighted by molar-refractivity contribution is 4.77. The van der Waals surface area contributed by atoms with E-state index < -0.39 is 0 Å². The maximum absolute atomic E-state index is 9.34. The van der Waals surface area contributed by atoms with Crippen LogP contribution in [0.2, 0.25) is 0 Å². The number of nitrogens with one attached hydrogen (secondary N) is 1. The molecule has 1 heterocycles. The summed E-state index contributed by atoms with van der Waals surface area (Å²) in [5, 5.41) is 12.8. The maximum atomic E-state index is 9.34. The molecule has 1 aliphatic rings. The summed E-state index contributed by atoms with van der Waals surface area (Å²) in [6.07, 6.45) is 5.62. The van der Waals surface area contributed by atoms with Crippen LogP contribution in [0.25, 0.3) is 0 Å². The highest BCUT2D eigenvalue weighted by atomic mass is 16.3. The lowest BCUT2D eigenvalue weighted by Gasteiger charge is -2.27. The van der Waals surface area contributed by atoms with E-state index >= 15 is 0 Å². The van der Waals surface area contributed by atoms with Crippen molar-refractivity contribution < 1.29 is 5.11 Å². The fraction of sp³-hybridized carbons (Fsp3) is 1.00. The van der Waals surface area contributed by atoms with Gasteiger partial charge in [-0.3, -0.25) is 0 Å². The summed E-state index contributed by atoms with van der Waals surface area (Å²) >= 11 is 0. The van der Waals surface area contributed by atoms with E-state index in [1.165, 1.54) is 19.3 Å². The van der Waals surface area contributed by atoms with Crippen molar-refractivity contribution in [3.05, 3.63) is 0 Å². The lowest BCUT2D eigenvalue weighted by atomic mass is 9.98. The average Bonchev–Trinajstić information content (AvgIpc) is 2.01. The summed E-state index contributed by atoms with van der Waals surface area (Å²) in [6.45, 7) is 3.20. The van der Waals surface area contributed by atoms with Gasteiger partial charge in [0.2, 0.25) is 0 Å². The second kappa shape index (κ2) is 4.73. The predicted molar refractivity (Wildman–Crippen MR) is 46.6 cm³/mol. The maximum Gasteiger partial charge on any atom is 0.0567 e. The van der Waals surface area contributed by atoms with Crippen LogP contribution in [0.4, 0.5) is 0 Å². The van der Waals surface area contributed by atoms with Gasteiger partial charge >= 0.3 is 0 Å². The third kappa shape index (κ3) is 3.21. The van der Waals surface area contributed by atoms with Gasteiger partial charge in [0.15, 0.2) is 0 Å². The minimum absolute atomic E-state index is 0.0434. The second-order valence-electron chi connectivity index (χ2n) is 3.47. The number of aliphatic hydroxyl groups is 1. The van der Waals surface area contributed by atoms with E-state index in [2.05, 4.69) is 12.2 Å². The molecule has 0 bridgehead atoms. The third-order valence-corrected chi connectivity index (χ3v) is 2.37. The summed E-state index contributed by atoms with van der Waals surface area (Å²) in [5.74, 6) is 0. The fourth-order valence-corrected chi connectivity index (χ4v) is 1.65. The lowest BCUT2D eigenvalue weighted by Crippen LogP contribution is -2.40. The number of aliphatic hydroxyl groups excluding tert-OH is 1. The molecule has 1 saturated heterocycles. The van der Waals surface area contributed by atoms with Crippen molar-refractivity contribution in [2.24, 2.45) is 0 Å². The first kappa shape index (κ1) is 9.01. The van der Waals surface area contributed by atoms with Gasteiger partial charge in [0.05, 0.1) is 6.10 Å². The van der Waals surface area contributed by atoms with Gasteiger partial charge in [-0.05, 0) is 25.8 Å². The molecule has 2 nitrogen and oxygen atoms in total. The topological polar surface area (TPSA) is 32.3 Å². The molecule has 0 aromatic carbocycles. The molecule has 0 radical (unpaired) electrons. The fourth-order valence-electron chi connectivity index (χ4n) is 1.65. The normalized spacial score (nSPS) is 32.2. The van der Waals surface area contributed by atoms with E-state index in [0.717, 1.165) is 19.4 Å². The van der Waals surface area contributed by atoms with Crippen LogP contribution in [-0.2, 0) is 0 Å². The molecule has 66 valence electrons. The van der Waals surface area contributed by atoms with Gasteiger partial charge in [-0.2, -0.15) is 0 Å². The summed E-state index contributed by atoms with van der Waals surface area (Å²) in [4.78, 5) is 0. The highest BCUT2D eigenvalue weighted by Gasteiger charge is 2.18. The van der Waals surface area contributed by atoms with Crippen LogP contribution >= 0.6 is 0 Å². The molecule has 0 aromatic heterocycles. The van der Waals surface area contributed by atoms with Gasteiger partial charge in [0, 0.05) is 6.04 Å². The van der Waals surface area contributed by atoms with Gasteiger partial charge in [-0.15, -0.1) is 0 Å². The molecule has 0 saturated carbocycles. The molecular formula is C9H19NO. The number of piperidine rings is 1. The Morgan fingerprint density at radius 3 is 3.00 bits per heavy atom. The zero-order chi connectivity index (χ0) is 8.10. The Morgan fingerprint density at radius 1 is 1.55 bits per heavy atom. The quantitative estimate of drug-likeness (QED) is 0.647. The lowest BCUT2D eigenvalue weighted by molar-refractivity contribution is 0.114. The predicted octanol–water partition coefficient (Wildman–Crippen LogP) is 1.29. The van der Waals surface area contributed by atoms with E-state index in [4.69, 9.17) is 0 Å². The van der Waals surface area contributed by atoms with Crippen molar-refractivity contribution in [2.75, 3.05) is 6.54 Å². The van der Waals surface area contributed by atoms with Crippen LogP contribution in [0.1, 0.15) is 39.0 Å². The standard InChI is InChI=1S/C9H19NO/c1-2-3-4-8-7-9(11)5-6-10-8/h8-11H,2-7H2,1H3. The summed E-state index contributed by atoms with van der Waals surface area (Å²) in [6, 6.07) is 0.582. The molecule has 0 amide bonds. The van der Waals surface area contributed by atoms with Crippen LogP contribution in [0.5, 0.6) is 0 Å². The Kier molecular flexibility index (Phi) is 3.87. The highest BCUT2D eigenvalue weighted by Crippen LogP contribution is 2.13. The first-order valence-electron chi connectivity index (χ1n) is 4.74. The monoisotopic (exact) mass is 157 g/mol. The van der Waals surface area contributed by atoms with Gasteiger partial charge in [-0.25, -0.2) is 0 Å². The Balaban J connectivity index is 2.12. The van der Waals surface area contributed by atoms with Gasteiger partial charge in [0.1, 0.15) is 0 Å². The molecule has 2 heteroatoms. The minimum Gasteiger partial charge on any atom is -0.393 e. The van der Waals surface area contributed by atoms with Crippen LogP contribution in [0.3, 0.4) is 0 Å². The largest absolute Gasteiger partial charge is 0.393 e. The Labute approximate surface area is 69.0 Å². The Bertz CT molecular complexity index is 106. The minimum atomic E-state index is -0.0434. The number of unbranched alkanes of at least 4 members (excludes halogenated alkanes) is 1. The van der Waals surface area contributed by atoms with Crippen molar-refractivity contribution in [3.63, 3.8) is 0 Å². The summed E-state index contributed by atoms with van der Waals surface area (Å²) in [5.41, 5.74) is 0. The van der Waals surface area contributed by atoms with E-state index in [-0.39, 0.29) is 6.10 Å². The van der Waals surface area contributed by atoms with Crippen molar-refractivity contribution in [2.45, 2.75) is 51.2 Å².